The van der Waals surface area contributed by atoms with Crippen molar-refractivity contribution in [1.82, 2.24) is 19.9 Å². The molecule has 0 aliphatic carbocycles. The van der Waals surface area contributed by atoms with Gasteiger partial charge in [0.1, 0.15) is 13.4 Å². The first kappa shape index (κ1) is 2.91. The van der Waals surface area contributed by atoms with Crippen LogP contribution in [0.1, 0.15) is 1.37 Å². The first-order chi connectivity index (χ1) is 5.29. The molecule has 0 saturated carbocycles. The number of aromatic nitrogens is 4. The van der Waals surface area contributed by atoms with Crippen LogP contribution in [0.5, 0.6) is 0 Å². The van der Waals surface area contributed by atoms with E-state index in [1.165, 1.54) is 12.5 Å². The molecule has 0 unspecified atom stereocenters. The number of imidazole rings is 1. The number of nitrogens with one attached hydrogen (secondary N) is 1. The Morgan fingerprint density at radius 2 is 2.67 bits per heavy atom. The summed E-state index contributed by atoms with van der Waals surface area (Å²) in [4.78, 5) is 12.1. The second-order valence-corrected chi connectivity index (χ2v) is 1.55. The van der Waals surface area contributed by atoms with E-state index in [0.717, 1.165) is 4.98 Å². The standard InChI is InChI=1S/C5H4N4/c1-4-5(8-2-6-1)9-3-7-4/h1-3H,(H,6,7,8,9)/i2D/hD. The van der Waals surface area contributed by atoms with Gasteiger partial charge in [0.25, 0.3) is 0 Å². The lowest BCUT2D eigenvalue weighted by atomic mass is 10.4. The van der Waals surface area contributed by atoms with Crippen molar-refractivity contribution >= 4 is 0 Å². The highest BCUT2D eigenvalue weighted by molar-refractivity contribution is 5.46. The van der Waals surface area contributed by atoms with E-state index < -0.39 is 0 Å². The minimum absolute atomic E-state index is 0.141. The van der Waals surface area contributed by atoms with Crippen molar-refractivity contribution in [3.05, 3.63) is 18.8 Å². The van der Waals surface area contributed by atoms with Crippen LogP contribution in [0.2, 0.25) is 1.41 Å². The van der Waals surface area contributed by atoms with E-state index in [4.69, 9.17) is 2.78 Å². The molecule has 2 rings (SSSR count). The Balaban J connectivity index is 2.81. The van der Waals surface area contributed by atoms with Gasteiger partial charge < -0.3 is 4.98 Å². The summed E-state index contributed by atoms with van der Waals surface area (Å²) in [5.74, 6) is 0.366. The Bertz CT molecular complexity index is 358. The Labute approximate surface area is 54.2 Å². The summed E-state index contributed by atoms with van der Waals surface area (Å²) in [5, 5.41) is 0. The summed E-state index contributed by atoms with van der Waals surface area (Å²) in [6, 6.07) is 0. The maximum absolute atomic E-state index is 7.27. The van der Waals surface area contributed by atoms with E-state index in [1.54, 1.807) is 0 Å². The Hall–Kier alpha value is -1.45. The minimum Gasteiger partial charge on any atom is -0.329 e. The quantitative estimate of drug-likeness (QED) is 0.547. The highest BCUT2D eigenvalue weighted by Gasteiger charge is 2.01. The summed E-state index contributed by atoms with van der Waals surface area (Å²) in [7, 11) is 0. The highest BCUT2D eigenvalue weighted by Crippen LogP contribution is 2.08. The normalized spacial score (nSPS) is 13.3. The molecule has 0 fully saturated rings. The van der Waals surface area contributed by atoms with Gasteiger partial charge in [0.15, 0.2) is 7.24 Å². The molecular weight excluding hydrogens is 116 g/mol. The molecule has 2 heterocycles. The van der Waals surface area contributed by atoms with Crippen LogP contribution in [-0.2, 0) is 0 Å². The molecule has 44 valence electrons. The van der Waals surface area contributed by atoms with Crippen LogP contribution < -0.4 is 0 Å². The van der Waals surface area contributed by atoms with Crippen molar-refractivity contribution in [3.8, 4) is 11.5 Å². The van der Waals surface area contributed by atoms with Crippen LogP contribution in [0.15, 0.2) is 18.8 Å². The first-order valence-electron chi connectivity index (χ1n) is 3.38. The van der Waals surface area contributed by atoms with E-state index in [0.29, 0.717) is 11.5 Å². The van der Waals surface area contributed by atoms with Gasteiger partial charge in [-0.1, -0.05) is 0 Å². The molecule has 0 aromatic carbocycles. The fraction of sp³-hybridized carbons (Fsp3) is 0. The van der Waals surface area contributed by atoms with Crippen molar-refractivity contribution in [3.63, 3.8) is 0 Å². The average molecular weight is 122 g/mol. The van der Waals surface area contributed by atoms with Gasteiger partial charge in [-0.2, -0.15) is 0 Å². The fourth-order valence-corrected chi connectivity index (χ4v) is 0.613. The average Bonchev–Trinajstić information content (AvgIpc) is 2.45. The second-order valence-electron chi connectivity index (χ2n) is 1.55. The predicted octanol–water partition coefficient (Wildman–Crippen LogP) is 0.304. The van der Waals surface area contributed by atoms with E-state index in [2.05, 4.69) is 15.0 Å². The third-order valence-corrected chi connectivity index (χ3v) is 1.01. The van der Waals surface area contributed by atoms with Gasteiger partial charge in [0.05, 0.1) is 12.5 Å². The maximum atomic E-state index is 7.27. The van der Waals surface area contributed by atoms with Crippen molar-refractivity contribution in [2.24, 2.45) is 0 Å². The SMILES string of the molecule is [2H]c1ncc2ncnc-2n1[2H]. The summed E-state index contributed by atoms with van der Waals surface area (Å²) >= 11 is 0. The van der Waals surface area contributed by atoms with E-state index >= 15 is 0 Å². The first-order valence-corrected chi connectivity index (χ1v) is 2.43. The third kappa shape index (κ3) is 0.561. The molecule has 0 bridgehead atoms. The largest absolute Gasteiger partial charge is 0.329 e. The Morgan fingerprint density at radius 3 is 3.67 bits per heavy atom. The van der Waals surface area contributed by atoms with Gasteiger partial charge in [-0.15, -0.1) is 0 Å². The van der Waals surface area contributed by atoms with Crippen molar-refractivity contribution in [2.75, 3.05) is 0 Å². The lowest BCUT2D eigenvalue weighted by Crippen LogP contribution is -1.84. The zero-order chi connectivity index (χ0) is 7.84. The zero-order valence-electron chi connectivity index (χ0n) is 6.44. The highest BCUT2D eigenvalue weighted by atomic mass is 15.0. The van der Waals surface area contributed by atoms with Gasteiger partial charge >= 0.3 is 0 Å². The van der Waals surface area contributed by atoms with Gasteiger partial charge in [0.2, 0.25) is 0 Å². The van der Waals surface area contributed by atoms with Crippen molar-refractivity contribution in [2.45, 2.75) is 0 Å². The number of H-pyrrole nitrogens is 1. The lowest BCUT2D eigenvalue weighted by Gasteiger charge is -1.89. The van der Waals surface area contributed by atoms with Gasteiger partial charge in [0, 0.05) is 0 Å². The minimum atomic E-state index is -0.141. The summed E-state index contributed by atoms with van der Waals surface area (Å²) in [5.41, 5.74) is 0.538. The Kier molecular flexibility index (Phi) is 0.489. The molecule has 0 atom stereocenters. The van der Waals surface area contributed by atoms with E-state index in [9.17, 15) is 0 Å². The third-order valence-electron chi connectivity index (χ3n) is 1.01. The molecule has 1 N–H and O–H groups in total. The number of rotatable bonds is 0. The molecular formula is C5H4N4. The lowest BCUT2D eigenvalue weighted by molar-refractivity contribution is 1.13. The van der Waals surface area contributed by atoms with Crippen LogP contribution in [-0.4, -0.2) is 19.9 Å². The molecule has 2 aliphatic rings. The number of hydrogen-bond donors (Lipinski definition) is 1. The molecule has 0 radical (unpaired) electrons. The van der Waals surface area contributed by atoms with Gasteiger partial charge in [-0.3, -0.25) is 0 Å². The maximum Gasteiger partial charge on any atom is 0.169 e. The molecule has 0 spiro atoms. The van der Waals surface area contributed by atoms with Gasteiger partial charge in [-0.05, 0) is 0 Å². The van der Waals surface area contributed by atoms with E-state index in [1.807, 2.05) is 0 Å². The fourth-order valence-electron chi connectivity index (χ4n) is 0.613. The number of nitrogens with zero attached hydrogens (tertiary/aromatic N) is 3. The molecule has 0 aromatic heterocycles. The van der Waals surface area contributed by atoms with Crippen molar-refractivity contribution < 1.29 is 2.78 Å². The topological polar surface area (TPSA) is 54.5 Å². The molecule has 4 nitrogen and oxygen atoms in total. The molecule has 0 aromatic rings. The number of aromatic amines is 1. The molecule has 9 heavy (non-hydrogen) atoms. The zero-order valence-corrected chi connectivity index (χ0v) is 4.44. The van der Waals surface area contributed by atoms with Crippen LogP contribution in [0, 0.1) is 0 Å². The second kappa shape index (κ2) is 1.51. The van der Waals surface area contributed by atoms with Crippen LogP contribution in [0.3, 0.4) is 0 Å². The summed E-state index contributed by atoms with van der Waals surface area (Å²) < 4.78 is 14.4. The van der Waals surface area contributed by atoms with Gasteiger partial charge in [-0.25, -0.2) is 15.0 Å². The van der Waals surface area contributed by atoms with Crippen molar-refractivity contribution in [1.29, 1.82) is 0 Å². The monoisotopic (exact) mass is 122 g/mol. The predicted molar refractivity (Wildman–Crippen MR) is 30.8 cm³/mol. The van der Waals surface area contributed by atoms with Crippen LogP contribution in [0.25, 0.3) is 11.5 Å². The van der Waals surface area contributed by atoms with E-state index in [-0.39, 0.29) is 6.30 Å². The molecule has 0 saturated heterocycles. The molecule has 4 heteroatoms. The molecule has 2 aliphatic heterocycles. The van der Waals surface area contributed by atoms with Crippen LogP contribution >= 0.6 is 0 Å². The van der Waals surface area contributed by atoms with Crippen LogP contribution in [0.4, 0.5) is 0 Å². The Morgan fingerprint density at radius 1 is 1.67 bits per heavy atom. The number of hydrogen-bond acceptors (Lipinski definition) is 3. The summed E-state index contributed by atoms with van der Waals surface area (Å²) in [6.07, 6.45) is 2.63. The smallest absolute Gasteiger partial charge is 0.169 e. The number of fused-ring (bicyclic) bond motifs is 1. The molecule has 0 amide bonds. The summed E-state index contributed by atoms with van der Waals surface area (Å²) in [6.45, 7) is 0.